The summed E-state index contributed by atoms with van der Waals surface area (Å²) in [6.07, 6.45) is 0.744. The normalized spacial score (nSPS) is 16.9. The van der Waals surface area contributed by atoms with E-state index in [9.17, 15) is 4.79 Å². The second-order valence-electron chi connectivity index (χ2n) is 5.61. The van der Waals surface area contributed by atoms with Gasteiger partial charge in [-0.25, -0.2) is 0 Å². The molecule has 0 atom stereocenters. The maximum absolute atomic E-state index is 12.6. The molecule has 0 aliphatic carbocycles. The summed E-state index contributed by atoms with van der Waals surface area (Å²) in [5, 5.41) is 4.32. The zero-order valence-corrected chi connectivity index (χ0v) is 12.9. The van der Waals surface area contributed by atoms with Crippen LogP contribution in [0.1, 0.15) is 37.0 Å². The van der Waals surface area contributed by atoms with Gasteiger partial charge in [0.15, 0.2) is 0 Å². The minimum atomic E-state index is 0.000561. The zero-order valence-electron chi connectivity index (χ0n) is 12.9. The lowest BCUT2D eigenvalue weighted by molar-refractivity contribution is 0.0586. The van der Waals surface area contributed by atoms with E-state index in [4.69, 9.17) is 5.73 Å². The summed E-state index contributed by atoms with van der Waals surface area (Å²) in [6, 6.07) is 0.528. The van der Waals surface area contributed by atoms with Crippen LogP contribution >= 0.6 is 0 Å². The Bertz CT molecular complexity index is 486. The first kappa shape index (κ1) is 14.8. The smallest absolute Gasteiger partial charge is 0.274 e. The summed E-state index contributed by atoms with van der Waals surface area (Å²) >= 11 is 0. The molecule has 112 valence electrons. The van der Waals surface area contributed by atoms with Crippen molar-refractivity contribution < 1.29 is 4.79 Å². The number of nitrogen functional groups attached to an aromatic ring is 1. The molecule has 6 nitrogen and oxygen atoms in total. The topological polar surface area (TPSA) is 67.4 Å². The molecule has 2 heterocycles. The first-order chi connectivity index (χ1) is 9.45. The summed E-state index contributed by atoms with van der Waals surface area (Å²) < 4.78 is 1.62. The molecule has 1 aromatic heterocycles. The van der Waals surface area contributed by atoms with Crippen molar-refractivity contribution in [3.05, 3.63) is 11.4 Å². The van der Waals surface area contributed by atoms with Crippen LogP contribution in [0.15, 0.2) is 0 Å². The van der Waals surface area contributed by atoms with E-state index >= 15 is 0 Å². The first-order valence-electron chi connectivity index (χ1n) is 7.30. The highest BCUT2D eigenvalue weighted by Crippen LogP contribution is 2.19. The van der Waals surface area contributed by atoms with Gasteiger partial charge in [-0.3, -0.25) is 14.4 Å². The molecule has 6 heteroatoms. The summed E-state index contributed by atoms with van der Waals surface area (Å²) in [4.78, 5) is 16.9. The van der Waals surface area contributed by atoms with E-state index in [0.717, 1.165) is 38.3 Å². The minimum absolute atomic E-state index is 0.000561. The Kier molecular flexibility index (Phi) is 4.32. The first-order valence-corrected chi connectivity index (χ1v) is 7.30. The fourth-order valence-electron chi connectivity index (χ4n) is 2.70. The van der Waals surface area contributed by atoms with E-state index < -0.39 is 0 Å². The van der Waals surface area contributed by atoms with Crippen LogP contribution in [0.5, 0.6) is 0 Å². The summed E-state index contributed by atoms with van der Waals surface area (Å²) in [6.45, 7) is 9.71. The molecule has 0 bridgehead atoms. The van der Waals surface area contributed by atoms with Crippen molar-refractivity contribution in [1.29, 1.82) is 0 Å². The molecule has 0 spiro atoms. The largest absolute Gasteiger partial charge is 0.395 e. The van der Waals surface area contributed by atoms with Crippen molar-refractivity contribution in [3.8, 4) is 0 Å². The van der Waals surface area contributed by atoms with Crippen LogP contribution in [0.3, 0.4) is 0 Å². The van der Waals surface area contributed by atoms with Crippen molar-refractivity contribution in [2.75, 3.05) is 31.9 Å². The molecule has 1 aliphatic rings. The lowest BCUT2D eigenvalue weighted by Gasteiger charge is -2.36. The van der Waals surface area contributed by atoms with Gasteiger partial charge in [0.1, 0.15) is 5.69 Å². The van der Waals surface area contributed by atoms with Crippen molar-refractivity contribution >= 4 is 11.6 Å². The van der Waals surface area contributed by atoms with Gasteiger partial charge in [0, 0.05) is 39.3 Å². The van der Waals surface area contributed by atoms with Crippen LogP contribution in [-0.2, 0) is 13.5 Å². The highest BCUT2D eigenvalue weighted by molar-refractivity contribution is 5.98. The Labute approximate surface area is 120 Å². The molecular formula is C14H25N5O. The molecule has 0 saturated carbocycles. The predicted octanol–water partition coefficient (Wildman–Crippen LogP) is 0.731. The Morgan fingerprint density at radius 3 is 2.35 bits per heavy atom. The van der Waals surface area contributed by atoms with E-state index in [1.165, 1.54) is 0 Å². The number of hydrogen-bond donors (Lipinski definition) is 1. The molecule has 2 N–H and O–H groups in total. The van der Waals surface area contributed by atoms with Gasteiger partial charge in [-0.05, 0) is 20.3 Å². The maximum atomic E-state index is 12.6. The Balaban J connectivity index is 2.11. The average Bonchev–Trinajstić information content (AvgIpc) is 2.72. The number of carbonyl (C=O) groups excluding carboxylic acids is 1. The van der Waals surface area contributed by atoms with Gasteiger partial charge in [0.25, 0.3) is 5.91 Å². The van der Waals surface area contributed by atoms with Crippen molar-refractivity contribution in [3.63, 3.8) is 0 Å². The van der Waals surface area contributed by atoms with E-state index in [1.54, 1.807) is 11.7 Å². The van der Waals surface area contributed by atoms with Crippen LogP contribution in [0.25, 0.3) is 0 Å². The molecule has 0 unspecified atom stereocenters. The van der Waals surface area contributed by atoms with Crippen molar-refractivity contribution in [2.24, 2.45) is 7.05 Å². The number of rotatable bonds is 3. The number of aryl methyl sites for hydroxylation is 2. The quantitative estimate of drug-likeness (QED) is 0.886. The number of amides is 1. The van der Waals surface area contributed by atoms with Crippen LogP contribution in [-0.4, -0.2) is 57.7 Å². The fraction of sp³-hybridized carbons (Fsp3) is 0.714. The molecule has 0 aromatic carbocycles. The third kappa shape index (κ3) is 2.65. The number of carbonyl (C=O) groups is 1. The fourth-order valence-corrected chi connectivity index (χ4v) is 2.70. The second kappa shape index (κ2) is 5.83. The Hall–Kier alpha value is -1.56. The number of hydrogen-bond acceptors (Lipinski definition) is 4. The lowest BCUT2D eigenvalue weighted by Crippen LogP contribution is -2.51. The summed E-state index contributed by atoms with van der Waals surface area (Å²) in [5.41, 5.74) is 7.92. The maximum Gasteiger partial charge on any atom is 0.274 e. The van der Waals surface area contributed by atoms with Gasteiger partial charge in [0.2, 0.25) is 0 Å². The third-order valence-corrected chi connectivity index (χ3v) is 4.03. The second-order valence-corrected chi connectivity index (χ2v) is 5.61. The van der Waals surface area contributed by atoms with Gasteiger partial charge < -0.3 is 10.6 Å². The molecule has 1 fully saturated rings. The van der Waals surface area contributed by atoms with E-state index in [1.807, 2.05) is 11.8 Å². The molecule has 0 radical (unpaired) electrons. The highest BCUT2D eigenvalue weighted by Gasteiger charge is 2.27. The third-order valence-electron chi connectivity index (χ3n) is 4.03. The van der Waals surface area contributed by atoms with E-state index in [0.29, 0.717) is 17.4 Å². The minimum Gasteiger partial charge on any atom is -0.395 e. The van der Waals surface area contributed by atoms with Crippen LogP contribution in [0.2, 0.25) is 0 Å². The summed E-state index contributed by atoms with van der Waals surface area (Å²) in [7, 11) is 1.78. The number of anilines is 1. The van der Waals surface area contributed by atoms with E-state index in [-0.39, 0.29) is 5.91 Å². The molecule has 1 aromatic rings. The highest BCUT2D eigenvalue weighted by atomic mass is 16.2. The molecule has 20 heavy (non-hydrogen) atoms. The molecule has 1 amide bonds. The molecular weight excluding hydrogens is 254 g/mol. The Morgan fingerprint density at radius 1 is 1.30 bits per heavy atom. The van der Waals surface area contributed by atoms with Gasteiger partial charge in [0.05, 0.1) is 11.4 Å². The Morgan fingerprint density at radius 2 is 1.90 bits per heavy atom. The number of nitrogens with two attached hydrogens (primary N) is 1. The number of nitrogens with zero attached hydrogens (tertiary/aromatic N) is 4. The lowest BCUT2D eigenvalue weighted by atomic mass is 10.2. The van der Waals surface area contributed by atoms with E-state index in [2.05, 4.69) is 23.8 Å². The van der Waals surface area contributed by atoms with Crippen molar-refractivity contribution in [2.45, 2.75) is 33.2 Å². The van der Waals surface area contributed by atoms with Gasteiger partial charge in [-0.1, -0.05) is 6.92 Å². The van der Waals surface area contributed by atoms with Gasteiger partial charge in [-0.15, -0.1) is 0 Å². The van der Waals surface area contributed by atoms with Crippen LogP contribution in [0.4, 0.5) is 5.69 Å². The summed E-state index contributed by atoms with van der Waals surface area (Å²) in [5.74, 6) is 0.000561. The number of piperazine rings is 1. The standard InChI is InChI=1S/C14H25N5O/c1-5-11-12(15)13(17(4)16-11)14(20)19-8-6-18(7-9-19)10(2)3/h10H,5-9,15H2,1-4H3. The van der Waals surface area contributed by atoms with Crippen LogP contribution < -0.4 is 5.73 Å². The van der Waals surface area contributed by atoms with Gasteiger partial charge >= 0.3 is 0 Å². The zero-order chi connectivity index (χ0) is 14.9. The SMILES string of the molecule is CCc1nn(C)c(C(=O)N2CCN(C(C)C)CC2)c1N. The van der Waals surface area contributed by atoms with Gasteiger partial charge in [-0.2, -0.15) is 5.10 Å². The molecule has 2 rings (SSSR count). The predicted molar refractivity (Wildman–Crippen MR) is 79.6 cm³/mol. The molecule has 1 aliphatic heterocycles. The van der Waals surface area contributed by atoms with Crippen LogP contribution in [0, 0.1) is 0 Å². The average molecular weight is 279 g/mol. The molecule has 1 saturated heterocycles. The monoisotopic (exact) mass is 279 g/mol. The number of aromatic nitrogens is 2. The van der Waals surface area contributed by atoms with Crippen molar-refractivity contribution in [1.82, 2.24) is 19.6 Å².